The molecule has 3 unspecified atom stereocenters. The van der Waals surface area contributed by atoms with Crippen LogP contribution in [-0.4, -0.2) is 20.2 Å². The number of rotatable bonds is 3. The summed E-state index contributed by atoms with van der Waals surface area (Å²) in [6.07, 6.45) is 3.66. The van der Waals surface area contributed by atoms with Crippen LogP contribution in [0.25, 0.3) is 11.4 Å². The molecule has 1 aliphatic rings. The van der Waals surface area contributed by atoms with Gasteiger partial charge in [0.05, 0.1) is 6.04 Å². The molecular formula is C16H23N5. The van der Waals surface area contributed by atoms with Crippen LogP contribution in [0.3, 0.4) is 0 Å². The smallest absolute Gasteiger partial charge is 0.182 e. The van der Waals surface area contributed by atoms with E-state index >= 15 is 0 Å². The average Bonchev–Trinajstić information content (AvgIpc) is 3.05. The minimum Gasteiger partial charge on any atom is -0.399 e. The maximum absolute atomic E-state index is 5.84. The Morgan fingerprint density at radius 3 is 2.81 bits per heavy atom. The molecule has 1 aromatic heterocycles. The van der Waals surface area contributed by atoms with Crippen molar-refractivity contribution >= 4 is 5.69 Å². The highest BCUT2D eigenvalue weighted by Gasteiger charge is 2.35. The van der Waals surface area contributed by atoms with Gasteiger partial charge in [-0.1, -0.05) is 20.3 Å². The zero-order chi connectivity index (χ0) is 15.0. The number of nitrogens with two attached hydrogens (primary N) is 1. The van der Waals surface area contributed by atoms with Crippen molar-refractivity contribution in [1.29, 1.82) is 0 Å². The predicted octanol–water partition coefficient (Wildman–Crippen LogP) is 3.23. The molecule has 112 valence electrons. The molecule has 0 spiro atoms. The number of nitrogens with zero attached hydrogens (tertiary/aromatic N) is 4. The third-order valence-electron chi connectivity index (χ3n) is 5.01. The summed E-state index contributed by atoms with van der Waals surface area (Å²) >= 11 is 0. The molecule has 2 N–H and O–H groups in total. The summed E-state index contributed by atoms with van der Waals surface area (Å²) in [5.74, 6) is 2.26. The summed E-state index contributed by atoms with van der Waals surface area (Å²) in [6.45, 7) is 6.65. The second-order valence-corrected chi connectivity index (χ2v) is 6.19. The Balaban J connectivity index is 1.98. The lowest BCUT2D eigenvalue weighted by Crippen LogP contribution is -2.18. The highest BCUT2D eigenvalue weighted by atomic mass is 15.6. The topological polar surface area (TPSA) is 69.6 Å². The zero-order valence-corrected chi connectivity index (χ0v) is 13.0. The molecule has 1 heterocycles. The van der Waals surface area contributed by atoms with E-state index in [0.717, 1.165) is 35.0 Å². The average molecular weight is 285 g/mol. The van der Waals surface area contributed by atoms with E-state index in [1.54, 1.807) is 0 Å². The summed E-state index contributed by atoms with van der Waals surface area (Å²) in [7, 11) is 0. The van der Waals surface area contributed by atoms with Gasteiger partial charge in [0.1, 0.15) is 0 Å². The van der Waals surface area contributed by atoms with Crippen molar-refractivity contribution in [3.63, 3.8) is 0 Å². The van der Waals surface area contributed by atoms with Crippen molar-refractivity contribution in [1.82, 2.24) is 20.2 Å². The molecule has 1 aliphatic carbocycles. The molecule has 1 aromatic carbocycles. The Morgan fingerprint density at radius 1 is 1.33 bits per heavy atom. The summed E-state index contributed by atoms with van der Waals surface area (Å²) in [5.41, 5.74) is 8.80. The van der Waals surface area contributed by atoms with Crippen LogP contribution < -0.4 is 5.73 Å². The highest BCUT2D eigenvalue weighted by molar-refractivity contribution is 5.63. The second-order valence-electron chi connectivity index (χ2n) is 6.19. The fourth-order valence-corrected chi connectivity index (χ4v) is 3.68. The fourth-order valence-electron chi connectivity index (χ4n) is 3.68. The Labute approximate surface area is 125 Å². The van der Waals surface area contributed by atoms with Crippen LogP contribution >= 0.6 is 0 Å². The molecule has 1 saturated carbocycles. The van der Waals surface area contributed by atoms with Crippen molar-refractivity contribution in [2.45, 2.75) is 46.1 Å². The van der Waals surface area contributed by atoms with Gasteiger partial charge in [0.25, 0.3) is 0 Å². The summed E-state index contributed by atoms with van der Waals surface area (Å²) in [6, 6.07) is 6.30. The molecule has 0 radical (unpaired) electrons. The van der Waals surface area contributed by atoms with E-state index in [9.17, 15) is 0 Å². The van der Waals surface area contributed by atoms with Crippen LogP contribution in [0.15, 0.2) is 18.2 Å². The molecule has 0 bridgehead atoms. The van der Waals surface area contributed by atoms with Crippen LogP contribution in [0.4, 0.5) is 5.69 Å². The van der Waals surface area contributed by atoms with Crippen molar-refractivity contribution in [3.8, 4) is 11.4 Å². The molecule has 5 nitrogen and oxygen atoms in total. The third-order valence-corrected chi connectivity index (χ3v) is 5.01. The van der Waals surface area contributed by atoms with Gasteiger partial charge < -0.3 is 5.73 Å². The van der Waals surface area contributed by atoms with E-state index in [2.05, 4.69) is 36.3 Å². The number of benzene rings is 1. The first-order valence-electron chi connectivity index (χ1n) is 7.76. The largest absolute Gasteiger partial charge is 0.399 e. The first-order chi connectivity index (χ1) is 10.1. The van der Waals surface area contributed by atoms with Crippen LogP contribution in [0, 0.1) is 18.8 Å². The summed E-state index contributed by atoms with van der Waals surface area (Å²) in [5, 5.41) is 12.5. The highest BCUT2D eigenvalue weighted by Crippen LogP contribution is 2.42. The van der Waals surface area contributed by atoms with Gasteiger partial charge in [-0.3, -0.25) is 0 Å². The lowest BCUT2D eigenvalue weighted by Gasteiger charge is -2.21. The molecule has 0 saturated heterocycles. The maximum atomic E-state index is 5.84. The molecule has 3 atom stereocenters. The lowest BCUT2D eigenvalue weighted by atomic mass is 9.93. The Bertz CT molecular complexity index is 633. The Kier molecular flexibility index (Phi) is 3.66. The minimum atomic E-state index is 0.400. The maximum Gasteiger partial charge on any atom is 0.182 e. The number of anilines is 1. The number of aromatic nitrogens is 4. The molecular weight excluding hydrogens is 262 g/mol. The third kappa shape index (κ3) is 2.41. The van der Waals surface area contributed by atoms with Crippen molar-refractivity contribution in [2.24, 2.45) is 11.8 Å². The molecule has 0 aliphatic heterocycles. The lowest BCUT2D eigenvalue weighted by molar-refractivity contribution is 0.310. The molecule has 3 rings (SSSR count). The summed E-state index contributed by atoms with van der Waals surface area (Å²) < 4.78 is 2.03. The van der Waals surface area contributed by atoms with E-state index in [1.807, 2.05) is 22.9 Å². The number of hydrogen-bond donors (Lipinski definition) is 1. The van der Waals surface area contributed by atoms with Gasteiger partial charge in [-0.05, 0) is 65.8 Å². The number of tetrazole rings is 1. The minimum absolute atomic E-state index is 0.400. The molecule has 5 heteroatoms. The van der Waals surface area contributed by atoms with Crippen LogP contribution in [0.1, 0.15) is 44.7 Å². The Morgan fingerprint density at radius 2 is 2.14 bits per heavy atom. The number of nitrogen functional groups attached to an aromatic ring is 1. The van der Waals surface area contributed by atoms with Crippen molar-refractivity contribution < 1.29 is 0 Å². The van der Waals surface area contributed by atoms with Gasteiger partial charge in [0.15, 0.2) is 5.82 Å². The van der Waals surface area contributed by atoms with Crippen LogP contribution in [0.5, 0.6) is 0 Å². The van der Waals surface area contributed by atoms with Crippen molar-refractivity contribution in [3.05, 3.63) is 23.8 Å². The van der Waals surface area contributed by atoms with Crippen molar-refractivity contribution in [2.75, 3.05) is 5.73 Å². The predicted molar refractivity (Wildman–Crippen MR) is 83.6 cm³/mol. The van der Waals surface area contributed by atoms with E-state index in [-0.39, 0.29) is 0 Å². The van der Waals surface area contributed by atoms with Crippen LogP contribution in [-0.2, 0) is 0 Å². The second kappa shape index (κ2) is 5.47. The molecule has 1 fully saturated rings. The number of hydrogen-bond acceptors (Lipinski definition) is 4. The van der Waals surface area contributed by atoms with Gasteiger partial charge in [0.2, 0.25) is 0 Å². The normalized spacial score (nSPS) is 25.4. The first kappa shape index (κ1) is 14.0. The SMILES string of the molecule is CCC1CCC(n2nnnc2-c2ccc(N)cc2C)C1C. The first-order valence-corrected chi connectivity index (χ1v) is 7.76. The van der Waals surface area contributed by atoms with Gasteiger partial charge in [-0.2, -0.15) is 0 Å². The Hall–Kier alpha value is -1.91. The molecule has 2 aromatic rings. The fraction of sp³-hybridized carbons (Fsp3) is 0.562. The van der Waals surface area contributed by atoms with E-state index in [4.69, 9.17) is 5.73 Å². The molecule has 21 heavy (non-hydrogen) atoms. The van der Waals surface area contributed by atoms with Gasteiger partial charge in [-0.25, -0.2) is 4.68 Å². The molecule has 0 amide bonds. The van der Waals surface area contributed by atoms with Gasteiger partial charge in [-0.15, -0.1) is 5.10 Å². The van der Waals surface area contributed by atoms with E-state index in [1.165, 1.54) is 12.8 Å². The zero-order valence-electron chi connectivity index (χ0n) is 13.0. The van der Waals surface area contributed by atoms with Gasteiger partial charge in [0, 0.05) is 11.3 Å². The monoisotopic (exact) mass is 285 g/mol. The van der Waals surface area contributed by atoms with Crippen LogP contribution in [0.2, 0.25) is 0 Å². The quantitative estimate of drug-likeness (QED) is 0.879. The summed E-state index contributed by atoms with van der Waals surface area (Å²) in [4.78, 5) is 0. The van der Waals surface area contributed by atoms with E-state index < -0.39 is 0 Å². The standard InChI is InChI=1S/C16H23N5/c1-4-12-5-8-15(11(12)3)21-16(18-19-20-21)14-7-6-13(17)9-10(14)2/h6-7,9,11-12,15H,4-5,8,17H2,1-3H3. The van der Waals surface area contributed by atoms with Gasteiger partial charge >= 0.3 is 0 Å². The number of aryl methyl sites for hydroxylation is 1. The van der Waals surface area contributed by atoms with E-state index in [0.29, 0.717) is 12.0 Å².